The van der Waals surface area contributed by atoms with Crippen molar-refractivity contribution >= 4 is 22.6 Å². The van der Waals surface area contributed by atoms with Gasteiger partial charge in [-0.15, -0.1) is 0 Å². The van der Waals surface area contributed by atoms with Gasteiger partial charge in [0.15, 0.2) is 6.10 Å². The monoisotopic (exact) mass is 229 g/mol. The largest absolute Gasteiger partial charge is 0.479 e. The smallest absolute Gasteiger partial charge is 0.334 e. The average molecular weight is 229 g/mol. The Kier molecular flexibility index (Phi) is 2.83. The van der Waals surface area contributed by atoms with E-state index in [-0.39, 0.29) is 0 Å². The molecule has 82 valence electrons. The fourth-order valence-corrected chi connectivity index (χ4v) is 2.10. The SMILES string of the molecule is Cc1nsc(N2CCOC(C(=O)O)C2)n1. The minimum Gasteiger partial charge on any atom is -0.479 e. The molecule has 0 bridgehead atoms. The molecule has 1 N–H and O–H groups in total. The summed E-state index contributed by atoms with van der Waals surface area (Å²) in [6, 6.07) is 0. The maximum atomic E-state index is 10.8. The van der Waals surface area contributed by atoms with E-state index >= 15 is 0 Å². The van der Waals surface area contributed by atoms with Crippen LogP contribution in [0.2, 0.25) is 0 Å². The molecule has 2 heterocycles. The van der Waals surface area contributed by atoms with Gasteiger partial charge in [-0.25, -0.2) is 9.78 Å². The van der Waals surface area contributed by atoms with E-state index in [1.165, 1.54) is 11.5 Å². The van der Waals surface area contributed by atoms with E-state index in [2.05, 4.69) is 9.36 Å². The molecule has 1 atom stereocenters. The van der Waals surface area contributed by atoms with Crippen LogP contribution >= 0.6 is 11.5 Å². The molecule has 0 aliphatic carbocycles. The predicted octanol–water partition coefficient (Wildman–Crippen LogP) is 0.136. The molecule has 1 unspecified atom stereocenters. The quantitative estimate of drug-likeness (QED) is 0.777. The maximum Gasteiger partial charge on any atom is 0.334 e. The van der Waals surface area contributed by atoms with E-state index in [1.807, 2.05) is 11.8 Å². The van der Waals surface area contributed by atoms with Crippen molar-refractivity contribution in [3.63, 3.8) is 0 Å². The van der Waals surface area contributed by atoms with Gasteiger partial charge in [-0.3, -0.25) is 0 Å². The fraction of sp³-hybridized carbons (Fsp3) is 0.625. The molecule has 0 amide bonds. The maximum absolute atomic E-state index is 10.8. The van der Waals surface area contributed by atoms with Crippen molar-refractivity contribution in [2.75, 3.05) is 24.6 Å². The van der Waals surface area contributed by atoms with E-state index in [0.29, 0.717) is 25.5 Å². The van der Waals surface area contributed by atoms with Crippen LogP contribution in [0, 0.1) is 6.92 Å². The number of rotatable bonds is 2. The van der Waals surface area contributed by atoms with Gasteiger partial charge in [0, 0.05) is 18.1 Å². The normalized spacial score (nSPS) is 21.7. The molecule has 0 aromatic carbocycles. The van der Waals surface area contributed by atoms with E-state index in [9.17, 15) is 4.79 Å². The summed E-state index contributed by atoms with van der Waals surface area (Å²) < 4.78 is 9.18. The number of aryl methyl sites for hydroxylation is 1. The van der Waals surface area contributed by atoms with Gasteiger partial charge < -0.3 is 14.7 Å². The lowest BCUT2D eigenvalue weighted by Crippen LogP contribution is -2.46. The van der Waals surface area contributed by atoms with Crippen molar-refractivity contribution in [2.24, 2.45) is 0 Å². The van der Waals surface area contributed by atoms with Crippen LogP contribution in [0.5, 0.6) is 0 Å². The van der Waals surface area contributed by atoms with E-state index in [4.69, 9.17) is 9.84 Å². The molecule has 1 aromatic heterocycles. The second kappa shape index (κ2) is 4.11. The fourth-order valence-electron chi connectivity index (χ4n) is 1.39. The molecule has 2 rings (SSSR count). The van der Waals surface area contributed by atoms with E-state index < -0.39 is 12.1 Å². The van der Waals surface area contributed by atoms with Crippen LogP contribution in [-0.4, -0.2) is 46.2 Å². The summed E-state index contributed by atoms with van der Waals surface area (Å²) in [7, 11) is 0. The number of hydrogen-bond donors (Lipinski definition) is 1. The molecular weight excluding hydrogens is 218 g/mol. The van der Waals surface area contributed by atoms with Gasteiger partial charge in [0.1, 0.15) is 5.82 Å². The zero-order valence-corrected chi connectivity index (χ0v) is 9.03. The zero-order chi connectivity index (χ0) is 10.8. The number of carbonyl (C=O) groups is 1. The van der Waals surface area contributed by atoms with Crippen LogP contribution in [0.25, 0.3) is 0 Å². The highest BCUT2D eigenvalue weighted by Crippen LogP contribution is 2.19. The molecule has 7 heteroatoms. The van der Waals surface area contributed by atoms with Gasteiger partial charge in [0.25, 0.3) is 0 Å². The number of anilines is 1. The summed E-state index contributed by atoms with van der Waals surface area (Å²) in [6.07, 6.45) is -0.761. The number of morpholine rings is 1. The van der Waals surface area contributed by atoms with Gasteiger partial charge in [0.2, 0.25) is 5.13 Å². The third kappa shape index (κ3) is 2.24. The molecule has 0 saturated carbocycles. The zero-order valence-electron chi connectivity index (χ0n) is 8.21. The third-order valence-electron chi connectivity index (χ3n) is 2.13. The van der Waals surface area contributed by atoms with Gasteiger partial charge in [-0.1, -0.05) is 0 Å². The summed E-state index contributed by atoms with van der Waals surface area (Å²) in [5, 5.41) is 9.59. The Balaban J connectivity index is 2.07. The number of nitrogens with zero attached hydrogens (tertiary/aromatic N) is 3. The summed E-state index contributed by atoms with van der Waals surface area (Å²) in [5.74, 6) is -0.214. The standard InChI is InChI=1S/C8H11N3O3S/c1-5-9-8(15-10-5)11-2-3-14-6(4-11)7(12)13/h6H,2-4H2,1H3,(H,12,13). The second-order valence-electron chi connectivity index (χ2n) is 3.27. The van der Waals surface area contributed by atoms with Crippen LogP contribution < -0.4 is 4.90 Å². The highest BCUT2D eigenvalue weighted by Gasteiger charge is 2.27. The Labute approximate surface area is 90.7 Å². The van der Waals surface area contributed by atoms with Crippen molar-refractivity contribution in [2.45, 2.75) is 13.0 Å². The molecule has 1 aliphatic heterocycles. The predicted molar refractivity (Wildman–Crippen MR) is 54.2 cm³/mol. The van der Waals surface area contributed by atoms with Crippen LogP contribution in [-0.2, 0) is 9.53 Å². The van der Waals surface area contributed by atoms with Crippen LogP contribution in [0.3, 0.4) is 0 Å². The van der Waals surface area contributed by atoms with Crippen molar-refractivity contribution < 1.29 is 14.6 Å². The summed E-state index contributed by atoms with van der Waals surface area (Å²) in [4.78, 5) is 16.9. The third-order valence-corrected chi connectivity index (χ3v) is 3.00. The van der Waals surface area contributed by atoms with Crippen molar-refractivity contribution in [1.29, 1.82) is 0 Å². The molecule has 1 aromatic rings. The molecule has 0 radical (unpaired) electrons. The Hall–Kier alpha value is -1.21. The molecule has 6 nitrogen and oxygen atoms in total. The number of aliphatic carboxylic acids is 1. The summed E-state index contributed by atoms with van der Waals surface area (Å²) in [5.41, 5.74) is 0. The molecule has 1 aliphatic rings. The number of carboxylic acids is 1. The van der Waals surface area contributed by atoms with E-state index in [1.54, 1.807) is 0 Å². The number of hydrogen-bond acceptors (Lipinski definition) is 6. The van der Waals surface area contributed by atoms with Gasteiger partial charge in [-0.2, -0.15) is 4.37 Å². The van der Waals surface area contributed by atoms with Crippen LogP contribution in [0.1, 0.15) is 5.82 Å². The lowest BCUT2D eigenvalue weighted by molar-refractivity contribution is -0.150. The minimum atomic E-state index is -0.930. The number of aromatic nitrogens is 2. The van der Waals surface area contributed by atoms with Gasteiger partial charge >= 0.3 is 5.97 Å². The van der Waals surface area contributed by atoms with Crippen molar-refractivity contribution in [1.82, 2.24) is 9.36 Å². The lowest BCUT2D eigenvalue weighted by atomic mass is 10.3. The number of ether oxygens (including phenoxy) is 1. The molecule has 1 saturated heterocycles. The summed E-state index contributed by atoms with van der Waals surface area (Å²) in [6.45, 7) is 3.23. The second-order valence-corrected chi connectivity index (χ2v) is 4.00. The Morgan fingerprint density at radius 2 is 2.53 bits per heavy atom. The Bertz CT molecular complexity index is 368. The Morgan fingerprint density at radius 3 is 3.13 bits per heavy atom. The summed E-state index contributed by atoms with van der Waals surface area (Å²) >= 11 is 1.29. The number of carboxylic acid groups (broad SMARTS) is 1. The lowest BCUT2D eigenvalue weighted by Gasteiger charge is -2.30. The highest BCUT2D eigenvalue weighted by molar-refractivity contribution is 7.09. The molecule has 0 spiro atoms. The molecular formula is C8H11N3O3S. The highest BCUT2D eigenvalue weighted by atomic mass is 32.1. The molecule has 15 heavy (non-hydrogen) atoms. The first-order valence-electron chi connectivity index (χ1n) is 4.56. The first kappa shape index (κ1) is 10.3. The van der Waals surface area contributed by atoms with Crippen molar-refractivity contribution in [3.05, 3.63) is 5.82 Å². The first-order chi connectivity index (χ1) is 7.16. The molecule has 1 fully saturated rings. The van der Waals surface area contributed by atoms with Crippen molar-refractivity contribution in [3.8, 4) is 0 Å². The van der Waals surface area contributed by atoms with Gasteiger partial charge in [-0.05, 0) is 6.92 Å². The first-order valence-corrected chi connectivity index (χ1v) is 5.34. The average Bonchev–Trinajstić information content (AvgIpc) is 2.65. The van der Waals surface area contributed by atoms with E-state index in [0.717, 1.165) is 5.13 Å². The minimum absolute atomic E-state index is 0.337. The van der Waals surface area contributed by atoms with Crippen LogP contribution in [0.4, 0.5) is 5.13 Å². The topological polar surface area (TPSA) is 75.6 Å². The van der Waals surface area contributed by atoms with Gasteiger partial charge in [0.05, 0.1) is 13.2 Å². The Morgan fingerprint density at radius 1 is 1.73 bits per heavy atom. The van der Waals surface area contributed by atoms with Crippen LogP contribution in [0.15, 0.2) is 0 Å².